The van der Waals surface area contributed by atoms with Crippen LogP contribution in [0, 0.1) is 12.8 Å². The Balaban J connectivity index is 0.893. The Morgan fingerprint density at radius 3 is 2.11 bits per heavy atom. The minimum Gasteiger partial charge on any atom is -0.396 e. The second kappa shape index (κ2) is 23.0. The number of aromatic nitrogens is 1. The molecule has 3 aliphatic rings. The van der Waals surface area contributed by atoms with Crippen LogP contribution in [0.25, 0.3) is 22.4 Å². The zero-order chi connectivity index (χ0) is 51.4. The molecule has 73 heavy (non-hydrogen) atoms. The van der Waals surface area contributed by atoms with E-state index in [2.05, 4.69) is 62.7 Å². The Morgan fingerprint density at radius 1 is 0.795 bits per heavy atom. The van der Waals surface area contributed by atoms with Gasteiger partial charge in [-0.15, -0.1) is 11.8 Å². The highest BCUT2D eigenvalue weighted by Gasteiger charge is 2.41. The van der Waals surface area contributed by atoms with Crippen LogP contribution in [0.1, 0.15) is 56.7 Å². The summed E-state index contributed by atoms with van der Waals surface area (Å²) in [7, 11) is -7.45. The lowest BCUT2D eigenvalue weighted by molar-refractivity contribution is -0.0425. The summed E-state index contributed by atoms with van der Waals surface area (Å²) in [6.07, 6.45) is 2.27. The van der Waals surface area contributed by atoms with Crippen molar-refractivity contribution >= 4 is 68.8 Å². The molecule has 17 heteroatoms. The molecular weight excluding hydrogens is 999 g/mol. The van der Waals surface area contributed by atoms with E-state index in [1.807, 2.05) is 85.8 Å². The number of benzene rings is 5. The normalized spacial score (nSPS) is 18.6. The fourth-order valence-electron chi connectivity index (χ4n) is 10.7. The van der Waals surface area contributed by atoms with E-state index in [0.29, 0.717) is 34.0 Å². The van der Waals surface area contributed by atoms with Gasteiger partial charge in [0.15, 0.2) is 16.1 Å². The van der Waals surface area contributed by atoms with Gasteiger partial charge in [-0.2, -0.15) is 0 Å². The molecule has 3 aliphatic heterocycles. The third kappa shape index (κ3) is 11.9. The van der Waals surface area contributed by atoms with Gasteiger partial charge in [-0.25, -0.2) is 8.42 Å². The second-order valence-electron chi connectivity index (χ2n) is 19.8. The van der Waals surface area contributed by atoms with Crippen LogP contribution in [0.5, 0.6) is 0 Å². The number of piperazine rings is 1. The number of aliphatic hydroxyl groups excluding tert-OH is 2. The summed E-state index contributed by atoms with van der Waals surface area (Å²) in [5, 5.41) is 35.8. The standard InChI is InChI=1S/C56H68ClN6O7PS2/c1-39(2)63-40(3)53(56(65)66)54(55(63)42-13-15-44(57)16-14-42)43-9-8-10-48(35-43)61-31-29-60(30-32-61)46-17-19-47(20-18-46)62-33-34-70-71(62,67)49-21-22-51(52(36-49)73(4,68)69)58-45(38-72-50-11-6-5-7-12-50)25-28-59-26-23-41(37-64)24-27-59/h5-22,35-36,39,41,45,56,58,64-66H,23-34,37-38H2,1-4H3/t45-,71-/m1/s1. The van der Waals surface area contributed by atoms with Crippen molar-refractivity contribution in [1.82, 2.24) is 9.47 Å². The van der Waals surface area contributed by atoms with Crippen molar-refractivity contribution in [2.24, 2.45) is 5.92 Å². The van der Waals surface area contributed by atoms with Crippen LogP contribution in [-0.4, -0.2) is 117 Å². The van der Waals surface area contributed by atoms with Gasteiger partial charge in [-0.3, -0.25) is 9.24 Å². The first-order valence-electron chi connectivity index (χ1n) is 25.3. The van der Waals surface area contributed by atoms with Crippen LogP contribution in [-0.2, 0) is 18.9 Å². The van der Waals surface area contributed by atoms with E-state index in [0.717, 1.165) is 121 Å². The molecule has 4 N–H and O–H groups in total. The molecule has 388 valence electrons. The molecule has 0 amide bonds. The third-order valence-electron chi connectivity index (χ3n) is 14.6. The number of halogens is 1. The van der Waals surface area contributed by atoms with Crippen molar-refractivity contribution < 1.29 is 32.8 Å². The summed E-state index contributed by atoms with van der Waals surface area (Å²) >= 11 is 8.03. The predicted molar refractivity (Wildman–Crippen MR) is 299 cm³/mol. The zero-order valence-electron chi connectivity index (χ0n) is 42.1. The van der Waals surface area contributed by atoms with Crippen molar-refractivity contribution in [3.63, 3.8) is 0 Å². The summed E-state index contributed by atoms with van der Waals surface area (Å²) < 4.78 is 52.2. The number of rotatable bonds is 18. The topological polar surface area (TPSA) is 151 Å². The lowest BCUT2D eigenvalue weighted by atomic mass is 9.96. The number of nitrogens with one attached hydrogen (secondary N) is 1. The van der Waals surface area contributed by atoms with Gasteiger partial charge in [-0.1, -0.05) is 54.1 Å². The quantitative estimate of drug-likeness (QED) is 0.0368. The number of piperidine rings is 1. The van der Waals surface area contributed by atoms with E-state index in [9.17, 15) is 23.7 Å². The number of hydrogen-bond acceptors (Lipinski definition) is 12. The van der Waals surface area contributed by atoms with Crippen LogP contribution in [0.4, 0.5) is 22.7 Å². The number of aliphatic hydroxyl groups is 3. The molecular formula is C56H68ClN6O7PS2. The smallest absolute Gasteiger partial charge is 0.326 e. The highest BCUT2D eigenvalue weighted by molar-refractivity contribution is 7.99. The Morgan fingerprint density at radius 2 is 1.47 bits per heavy atom. The predicted octanol–water partition coefficient (Wildman–Crippen LogP) is 10.1. The van der Waals surface area contributed by atoms with E-state index < -0.39 is 23.6 Å². The molecule has 0 bridgehead atoms. The molecule has 0 radical (unpaired) electrons. The number of hydrogen-bond donors (Lipinski definition) is 4. The third-order valence-corrected chi connectivity index (χ3v) is 19.7. The van der Waals surface area contributed by atoms with Crippen LogP contribution >= 0.6 is 30.9 Å². The number of nitrogens with zero attached hydrogens (tertiary/aromatic N) is 5. The first-order chi connectivity index (χ1) is 35.1. The molecule has 0 unspecified atom stereocenters. The maximum atomic E-state index is 15.0. The Bertz CT molecular complexity index is 3000. The zero-order valence-corrected chi connectivity index (χ0v) is 45.4. The molecule has 6 aromatic rings. The SMILES string of the molecule is Cc1c(C(O)O)c(-c2cccc(N3CCN(c4ccc(N5CCO[P@]5(=O)c5ccc(N[C@H](CCN6CCC(CO)CC6)CSc6ccccc6)c(S(C)(=O)=O)c5)cc4)CC3)c2)c(-c2ccc(Cl)cc2)n1C(C)C. The van der Waals surface area contributed by atoms with E-state index in [4.69, 9.17) is 16.1 Å². The van der Waals surface area contributed by atoms with Gasteiger partial charge in [0, 0.05) is 107 Å². The number of likely N-dealkylation sites (tertiary alicyclic amines) is 1. The minimum atomic E-state index is -3.76. The highest BCUT2D eigenvalue weighted by atomic mass is 35.5. The van der Waals surface area contributed by atoms with Crippen LogP contribution in [0.15, 0.2) is 131 Å². The number of sulfone groups is 1. The van der Waals surface area contributed by atoms with Gasteiger partial charge in [0.2, 0.25) is 0 Å². The Kier molecular flexibility index (Phi) is 16.7. The molecule has 2 atom stereocenters. The molecule has 9 rings (SSSR count). The van der Waals surface area contributed by atoms with Gasteiger partial charge < -0.3 is 44.4 Å². The molecule has 13 nitrogen and oxygen atoms in total. The fraction of sp³-hybridized carbons (Fsp3) is 0.393. The summed E-state index contributed by atoms with van der Waals surface area (Å²) in [5.41, 5.74) is 8.12. The second-order valence-corrected chi connectivity index (χ2v) is 25.6. The van der Waals surface area contributed by atoms with E-state index in [1.54, 1.807) is 28.6 Å². The summed E-state index contributed by atoms with van der Waals surface area (Å²) in [6.45, 7) is 12.7. The molecule has 3 fully saturated rings. The first kappa shape index (κ1) is 53.0. The summed E-state index contributed by atoms with van der Waals surface area (Å²) in [4.78, 5) is 8.35. The molecule has 5 aromatic carbocycles. The van der Waals surface area contributed by atoms with Gasteiger partial charge >= 0.3 is 7.52 Å². The van der Waals surface area contributed by atoms with E-state index >= 15 is 4.57 Å². The average molecular weight is 1070 g/mol. The summed E-state index contributed by atoms with van der Waals surface area (Å²) in [5.74, 6) is 1.07. The molecule has 1 aromatic heterocycles. The van der Waals surface area contributed by atoms with Crippen molar-refractivity contribution in [2.75, 3.05) is 97.4 Å². The van der Waals surface area contributed by atoms with Crippen molar-refractivity contribution in [3.05, 3.63) is 138 Å². The van der Waals surface area contributed by atoms with E-state index in [1.165, 1.54) is 12.3 Å². The fourth-order valence-corrected chi connectivity index (χ4v) is 15.0. The average Bonchev–Trinajstić information content (AvgIpc) is 3.95. The van der Waals surface area contributed by atoms with Gasteiger partial charge in [0.05, 0.1) is 34.7 Å². The number of thioether (sulfide) groups is 1. The Hall–Kier alpha value is -4.80. The lowest BCUT2D eigenvalue weighted by Crippen LogP contribution is -2.46. The molecule has 0 aliphatic carbocycles. The number of anilines is 4. The molecule has 0 spiro atoms. The van der Waals surface area contributed by atoms with Gasteiger partial charge in [0.25, 0.3) is 0 Å². The Labute approximate surface area is 440 Å². The highest BCUT2D eigenvalue weighted by Crippen LogP contribution is 2.56. The van der Waals surface area contributed by atoms with Gasteiger partial charge in [0.1, 0.15) is 0 Å². The van der Waals surface area contributed by atoms with Crippen LogP contribution in [0.2, 0.25) is 5.02 Å². The largest absolute Gasteiger partial charge is 0.396 e. The monoisotopic (exact) mass is 1070 g/mol. The van der Waals surface area contributed by atoms with Crippen LogP contribution in [0.3, 0.4) is 0 Å². The van der Waals surface area contributed by atoms with Gasteiger partial charge in [-0.05, 0) is 149 Å². The van der Waals surface area contributed by atoms with Crippen molar-refractivity contribution in [2.45, 2.75) is 68.2 Å². The molecule has 0 saturated carbocycles. The first-order valence-corrected chi connectivity index (χ1v) is 30.2. The maximum absolute atomic E-state index is 15.0. The lowest BCUT2D eigenvalue weighted by Gasteiger charge is -2.37. The van der Waals surface area contributed by atoms with Crippen molar-refractivity contribution in [3.8, 4) is 22.4 Å². The minimum absolute atomic E-state index is 0.0560. The maximum Gasteiger partial charge on any atom is 0.326 e. The van der Waals surface area contributed by atoms with Crippen LogP contribution < -0.4 is 25.1 Å². The summed E-state index contributed by atoms with van der Waals surface area (Å²) in [6, 6.07) is 39.2. The van der Waals surface area contributed by atoms with Crippen molar-refractivity contribution in [1.29, 1.82) is 0 Å². The van der Waals surface area contributed by atoms with E-state index in [-0.39, 0.29) is 30.2 Å². The molecule has 3 saturated heterocycles. The molecule has 4 heterocycles.